The molecule has 3 nitrogen and oxygen atoms in total. The summed E-state index contributed by atoms with van der Waals surface area (Å²) in [7, 11) is 1.98. The van der Waals surface area contributed by atoms with E-state index in [1.165, 1.54) is 17.2 Å². The SMILES string of the molecule is CNC(C)c1ccnn1C1CSC1. The molecular formula is C9H15N3S. The highest BCUT2D eigenvalue weighted by Crippen LogP contribution is 2.30. The van der Waals surface area contributed by atoms with Crippen LogP contribution in [0.15, 0.2) is 12.3 Å². The summed E-state index contributed by atoms with van der Waals surface area (Å²) >= 11 is 1.99. The van der Waals surface area contributed by atoms with Crippen LogP contribution < -0.4 is 5.32 Å². The summed E-state index contributed by atoms with van der Waals surface area (Å²) in [5.41, 5.74) is 1.30. The molecule has 2 heterocycles. The predicted octanol–water partition coefficient (Wildman–Crippen LogP) is 1.45. The largest absolute Gasteiger partial charge is 0.312 e. The topological polar surface area (TPSA) is 29.9 Å². The third-order valence-electron chi connectivity index (χ3n) is 2.54. The van der Waals surface area contributed by atoms with Crippen molar-refractivity contribution in [3.8, 4) is 0 Å². The van der Waals surface area contributed by atoms with Crippen LogP contribution in [-0.2, 0) is 0 Å². The van der Waals surface area contributed by atoms with Crippen LogP contribution in [0.2, 0.25) is 0 Å². The van der Waals surface area contributed by atoms with Gasteiger partial charge in [-0.25, -0.2) is 0 Å². The number of nitrogens with one attached hydrogen (secondary N) is 1. The number of rotatable bonds is 3. The summed E-state index contributed by atoms with van der Waals surface area (Å²) in [6.45, 7) is 2.17. The van der Waals surface area contributed by atoms with Crippen LogP contribution in [0.4, 0.5) is 0 Å². The van der Waals surface area contributed by atoms with Gasteiger partial charge in [-0.05, 0) is 20.0 Å². The molecule has 1 aromatic heterocycles. The van der Waals surface area contributed by atoms with Crippen molar-refractivity contribution in [2.45, 2.75) is 19.0 Å². The standard InChI is InChI=1S/C9H15N3S/c1-7(10-2)9-3-4-11-12(9)8-5-13-6-8/h3-4,7-8,10H,5-6H2,1-2H3. The maximum absolute atomic E-state index is 4.37. The van der Waals surface area contributed by atoms with Gasteiger partial charge in [0, 0.05) is 23.7 Å². The maximum Gasteiger partial charge on any atom is 0.0703 e. The minimum absolute atomic E-state index is 0.396. The second kappa shape index (κ2) is 3.72. The molecule has 0 amide bonds. The fourth-order valence-corrected chi connectivity index (χ4v) is 2.21. The highest BCUT2D eigenvalue weighted by molar-refractivity contribution is 8.00. The summed E-state index contributed by atoms with van der Waals surface area (Å²) in [6, 6.07) is 3.13. The van der Waals surface area contributed by atoms with E-state index < -0.39 is 0 Å². The summed E-state index contributed by atoms with van der Waals surface area (Å²) in [4.78, 5) is 0. The molecular weight excluding hydrogens is 182 g/mol. The molecule has 1 aromatic rings. The minimum Gasteiger partial charge on any atom is -0.312 e. The number of aromatic nitrogens is 2. The second-order valence-electron chi connectivity index (χ2n) is 3.40. The van der Waals surface area contributed by atoms with Crippen LogP contribution in [0.3, 0.4) is 0 Å². The van der Waals surface area contributed by atoms with Gasteiger partial charge in [0.05, 0.1) is 11.7 Å². The molecule has 2 rings (SSSR count). The zero-order valence-electron chi connectivity index (χ0n) is 8.03. The van der Waals surface area contributed by atoms with Crippen molar-refractivity contribution >= 4 is 11.8 Å². The average molecular weight is 197 g/mol. The van der Waals surface area contributed by atoms with Crippen molar-refractivity contribution in [3.63, 3.8) is 0 Å². The van der Waals surface area contributed by atoms with Gasteiger partial charge in [0.1, 0.15) is 0 Å². The van der Waals surface area contributed by atoms with E-state index in [9.17, 15) is 0 Å². The lowest BCUT2D eigenvalue weighted by molar-refractivity contribution is 0.471. The number of nitrogens with zero attached hydrogens (tertiary/aromatic N) is 2. The fraction of sp³-hybridized carbons (Fsp3) is 0.667. The molecule has 0 bridgehead atoms. The van der Waals surface area contributed by atoms with Gasteiger partial charge in [0.2, 0.25) is 0 Å². The normalized spacial score (nSPS) is 19.8. The van der Waals surface area contributed by atoms with E-state index in [1.807, 2.05) is 25.0 Å². The van der Waals surface area contributed by atoms with Gasteiger partial charge >= 0.3 is 0 Å². The van der Waals surface area contributed by atoms with Crippen molar-refractivity contribution in [2.75, 3.05) is 18.6 Å². The smallest absolute Gasteiger partial charge is 0.0703 e. The van der Waals surface area contributed by atoms with Crippen molar-refractivity contribution in [3.05, 3.63) is 18.0 Å². The van der Waals surface area contributed by atoms with Crippen LogP contribution in [0.25, 0.3) is 0 Å². The van der Waals surface area contributed by atoms with Crippen LogP contribution in [0.5, 0.6) is 0 Å². The van der Waals surface area contributed by atoms with E-state index in [4.69, 9.17) is 0 Å². The Hall–Kier alpha value is -0.480. The van der Waals surface area contributed by atoms with Gasteiger partial charge in [-0.1, -0.05) is 0 Å². The summed E-state index contributed by atoms with van der Waals surface area (Å²) in [5, 5.41) is 7.61. The third-order valence-corrected chi connectivity index (χ3v) is 3.78. The molecule has 0 radical (unpaired) electrons. The molecule has 1 unspecified atom stereocenters. The van der Waals surface area contributed by atoms with E-state index in [1.54, 1.807) is 0 Å². The van der Waals surface area contributed by atoms with Gasteiger partial charge in [-0.2, -0.15) is 16.9 Å². The van der Waals surface area contributed by atoms with Gasteiger partial charge in [0.25, 0.3) is 0 Å². The molecule has 1 fully saturated rings. The van der Waals surface area contributed by atoms with E-state index >= 15 is 0 Å². The Labute approximate surface area is 82.9 Å². The van der Waals surface area contributed by atoms with E-state index in [2.05, 4.69) is 28.1 Å². The Bertz CT molecular complexity index is 261. The first-order valence-corrected chi connectivity index (χ1v) is 5.77. The monoisotopic (exact) mass is 197 g/mol. The molecule has 1 atom stereocenters. The van der Waals surface area contributed by atoms with Gasteiger partial charge < -0.3 is 5.32 Å². The van der Waals surface area contributed by atoms with Crippen LogP contribution >= 0.6 is 11.8 Å². The second-order valence-corrected chi connectivity index (χ2v) is 4.48. The third kappa shape index (κ3) is 1.60. The molecule has 72 valence electrons. The summed E-state index contributed by atoms with van der Waals surface area (Å²) in [6.07, 6.45) is 1.90. The highest BCUT2D eigenvalue weighted by Gasteiger charge is 2.23. The highest BCUT2D eigenvalue weighted by atomic mass is 32.2. The van der Waals surface area contributed by atoms with Gasteiger partial charge in [-0.3, -0.25) is 4.68 Å². The quantitative estimate of drug-likeness (QED) is 0.795. The molecule has 1 N–H and O–H groups in total. The molecule has 0 spiro atoms. The predicted molar refractivity (Wildman–Crippen MR) is 56.1 cm³/mol. The zero-order chi connectivity index (χ0) is 9.26. The summed E-state index contributed by atoms with van der Waals surface area (Å²) in [5.74, 6) is 2.43. The first-order valence-electron chi connectivity index (χ1n) is 4.61. The van der Waals surface area contributed by atoms with Crippen molar-refractivity contribution in [1.82, 2.24) is 15.1 Å². The fourth-order valence-electron chi connectivity index (χ4n) is 1.48. The molecule has 4 heteroatoms. The van der Waals surface area contributed by atoms with Crippen LogP contribution in [-0.4, -0.2) is 28.3 Å². The Morgan fingerprint density at radius 3 is 3.00 bits per heavy atom. The Kier molecular flexibility index (Phi) is 2.60. The molecule has 0 saturated carbocycles. The first kappa shape index (κ1) is 9.09. The Morgan fingerprint density at radius 2 is 2.46 bits per heavy atom. The maximum atomic E-state index is 4.37. The molecule has 1 aliphatic heterocycles. The lowest BCUT2D eigenvalue weighted by Gasteiger charge is -2.28. The van der Waals surface area contributed by atoms with Crippen molar-refractivity contribution in [1.29, 1.82) is 0 Å². The number of hydrogen-bond acceptors (Lipinski definition) is 3. The molecule has 0 aromatic carbocycles. The van der Waals surface area contributed by atoms with Crippen molar-refractivity contribution in [2.24, 2.45) is 0 Å². The van der Waals surface area contributed by atoms with Crippen molar-refractivity contribution < 1.29 is 0 Å². The zero-order valence-corrected chi connectivity index (χ0v) is 8.84. The molecule has 0 aliphatic carbocycles. The lowest BCUT2D eigenvalue weighted by atomic mass is 10.2. The minimum atomic E-state index is 0.396. The average Bonchev–Trinajstić information content (AvgIpc) is 2.49. The van der Waals surface area contributed by atoms with E-state index in [-0.39, 0.29) is 0 Å². The van der Waals surface area contributed by atoms with Gasteiger partial charge in [-0.15, -0.1) is 0 Å². The van der Waals surface area contributed by atoms with Gasteiger partial charge in [0.15, 0.2) is 0 Å². The number of hydrogen-bond donors (Lipinski definition) is 1. The Morgan fingerprint density at radius 1 is 1.69 bits per heavy atom. The van der Waals surface area contributed by atoms with Crippen LogP contribution in [0.1, 0.15) is 24.7 Å². The number of thioether (sulfide) groups is 1. The Balaban J connectivity index is 2.19. The molecule has 1 aliphatic rings. The van der Waals surface area contributed by atoms with Crippen LogP contribution in [0, 0.1) is 0 Å². The molecule has 1 saturated heterocycles. The first-order chi connectivity index (χ1) is 6.33. The lowest BCUT2D eigenvalue weighted by Crippen LogP contribution is -2.28. The molecule has 13 heavy (non-hydrogen) atoms. The van der Waals surface area contributed by atoms with E-state index in [0.717, 1.165) is 0 Å². The summed E-state index contributed by atoms with van der Waals surface area (Å²) < 4.78 is 2.16. The van der Waals surface area contributed by atoms with E-state index in [0.29, 0.717) is 12.1 Å².